The molecule has 1 rings (SSSR count). The van der Waals surface area contributed by atoms with Gasteiger partial charge in [0.25, 0.3) is 0 Å². The van der Waals surface area contributed by atoms with Crippen molar-refractivity contribution in [2.24, 2.45) is 11.3 Å². The molecule has 0 aromatic carbocycles. The largest absolute Gasteiger partial charge is 0.380 e. The van der Waals surface area contributed by atoms with Crippen molar-refractivity contribution in [1.29, 1.82) is 0 Å². The van der Waals surface area contributed by atoms with Gasteiger partial charge in [0, 0.05) is 12.0 Å². The van der Waals surface area contributed by atoms with Crippen LogP contribution in [0.4, 0.5) is 0 Å². The summed E-state index contributed by atoms with van der Waals surface area (Å²) in [5.41, 5.74) is 3.28. The molecule has 0 aliphatic carbocycles. The number of nitrogens with one attached hydrogen (secondary N) is 1. The summed E-state index contributed by atoms with van der Waals surface area (Å²) >= 11 is 0. The quantitative estimate of drug-likeness (QED) is 0.500. The second kappa shape index (κ2) is 4.21. The lowest BCUT2D eigenvalue weighted by molar-refractivity contribution is -0.121. The summed E-state index contributed by atoms with van der Waals surface area (Å²) in [4.78, 5) is 5.26. The van der Waals surface area contributed by atoms with Crippen molar-refractivity contribution in [3.8, 4) is 0 Å². The monoisotopic (exact) mass is 173 g/mol. The van der Waals surface area contributed by atoms with Crippen LogP contribution in [0.1, 0.15) is 20.8 Å². The number of rotatable bonds is 5. The van der Waals surface area contributed by atoms with Gasteiger partial charge >= 0.3 is 0 Å². The van der Waals surface area contributed by atoms with Gasteiger partial charge in [-0.15, -0.1) is 0 Å². The Hall–Kier alpha value is -0.120. The fraction of sp³-hybridized carbons (Fsp3) is 1.00. The van der Waals surface area contributed by atoms with Gasteiger partial charge in [-0.2, -0.15) is 0 Å². The summed E-state index contributed by atoms with van der Waals surface area (Å²) in [6.07, 6.45) is 0. The minimum atomic E-state index is 0.303. The van der Waals surface area contributed by atoms with E-state index in [9.17, 15) is 0 Å². The molecular formula is C9H19NO2. The summed E-state index contributed by atoms with van der Waals surface area (Å²) in [6, 6.07) is 0. The fourth-order valence-electron chi connectivity index (χ4n) is 1.00. The lowest BCUT2D eigenvalue weighted by atomic mass is 9.89. The first-order chi connectivity index (χ1) is 5.62. The molecule has 1 fully saturated rings. The first kappa shape index (κ1) is 9.96. The molecule has 0 aromatic rings. The molecule has 72 valence electrons. The second-order valence-electron chi connectivity index (χ2n) is 4.33. The topological polar surface area (TPSA) is 30.5 Å². The maximum atomic E-state index is 5.26. The highest BCUT2D eigenvalue weighted by atomic mass is 16.6. The average molecular weight is 173 g/mol. The lowest BCUT2D eigenvalue weighted by Crippen LogP contribution is -2.47. The van der Waals surface area contributed by atoms with E-state index in [-0.39, 0.29) is 0 Å². The van der Waals surface area contributed by atoms with E-state index >= 15 is 0 Å². The lowest BCUT2D eigenvalue weighted by Gasteiger charge is -2.37. The highest BCUT2D eigenvalue weighted by molar-refractivity contribution is 4.81. The molecule has 3 heteroatoms. The molecule has 0 unspecified atom stereocenters. The molecule has 3 nitrogen and oxygen atoms in total. The smallest absolute Gasteiger partial charge is 0.0705 e. The van der Waals surface area contributed by atoms with Crippen molar-refractivity contribution in [2.45, 2.75) is 20.8 Å². The molecule has 1 saturated heterocycles. The maximum absolute atomic E-state index is 5.26. The molecule has 1 heterocycles. The van der Waals surface area contributed by atoms with Crippen molar-refractivity contribution in [1.82, 2.24) is 5.48 Å². The average Bonchev–Trinajstić information content (AvgIpc) is 1.94. The third-order valence-electron chi connectivity index (χ3n) is 1.92. The zero-order valence-electron chi connectivity index (χ0n) is 8.22. The van der Waals surface area contributed by atoms with E-state index in [1.807, 2.05) is 0 Å². The number of hydrogen-bond donors (Lipinski definition) is 1. The summed E-state index contributed by atoms with van der Waals surface area (Å²) < 4.78 is 5.12. The van der Waals surface area contributed by atoms with Crippen molar-refractivity contribution in [3.63, 3.8) is 0 Å². The Bertz CT molecular complexity index is 132. The molecule has 1 aliphatic heterocycles. The van der Waals surface area contributed by atoms with Crippen LogP contribution < -0.4 is 5.48 Å². The van der Waals surface area contributed by atoms with E-state index in [1.165, 1.54) is 0 Å². The van der Waals surface area contributed by atoms with Gasteiger partial charge in [-0.25, -0.2) is 5.48 Å². The Kier molecular flexibility index (Phi) is 3.50. The van der Waals surface area contributed by atoms with Crippen molar-refractivity contribution < 1.29 is 9.57 Å². The van der Waals surface area contributed by atoms with Crippen LogP contribution in [0.15, 0.2) is 0 Å². The van der Waals surface area contributed by atoms with Crippen LogP contribution in [0.25, 0.3) is 0 Å². The maximum Gasteiger partial charge on any atom is 0.0705 e. The van der Waals surface area contributed by atoms with E-state index in [1.54, 1.807) is 0 Å². The van der Waals surface area contributed by atoms with E-state index in [4.69, 9.17) is 9.57 Å². The van der Waals surface area contributed by atoms with Crippen LogP contribution in [0.3, 0.4) is 0 Å². The highest BCUT2D eigenvalue weighted by Crippen LogP contribution is 2.24. The molecule has 0 aromatic heterocycles. The Morgan fingerprint density at radius 3 is 2.58 bits per heavy atom. The van der Waals surface area contributed by atoms with Crippen LogP contribution in [0.5, 0.6) is 0 Å². The van der Waals surface area contributed by atoms with Gasteiger partial charge < -0.3 is 9.57 Å². The molecular weight excluding hydrogens is 154 g/mol. The zero-order chi connectivity index (χ0) is 9.03. The molecule has 0 amide bonds. The predicted octanol–water partition coefficient (Wildman–Crippen LogP) is 1.20. The van der Waals surface area contributed by atoms with Crippen LogP contribution in [-0.2, 0) is 9.57 Å². The van der Waals surface area contributed by atoms with Gasteiger partial charge in [-0.1, -0.05) is 20.8 Å². The Balaban J connectivity index is 1.95. The minimum Gasteiger partial charge on any atom is -0.380 e. The molecule has 0 atom stereocenters. The van der Waals surface area contributed by atoms with Gasteiger partial charge in [0.15, 0.2) is 0 Å². The fourth-order valence-corrected chi connectivity index (χ4v) is 1.00. The van der Waals surface area contributed by atoms with E-state index in [0.717, 1.165) is 26.4 Å². The molecule has 1 aliphatic rings. The van der Waals surface area contributed by atoms with Crippen LogP contribution >= 0.6 is 0 Å². The summed E-state index contributed by atoms with van der Waals surface area (Å²) in [5.74, 6) is 0.586. The third kappa shape index (κ3) is 3.09. The summed E-state index contributed by atoms with van der Waals surface area (Å²) in [7, 11) is 0. The first-order valence-electron chi connectivity index (χ1n) is 4.55. The van der Waals surface area contributed by atoms with Gasteiger partial charge in [-0.05, 0) is 5.92 Å². The number of hydroxylamine groups is 1. The van der Waals surface area contributed by atoms with Gasteiger partial charge in [0.2, 0.25) is 0 Å². The molecule has 12 heavy (non-hydrogen) atoms. The number of hydrogen-bond acceptors (Lipinski definition) is 3. The zero-order valence-corrected chi connectivity index (χ0v) is 8.22. The highest BCUT2D eigenvalue weighted by Gasteiger charge is 2.32. The Labute approximate surface area is 74.4 Å². The van der Waals surface area contributed by atoms with Crippen molar-refractivity contribution >= 4 is 0 Å². The standard InChI is InChI=1S/C9H19NO2/c1-8(2)4-12-10-5-9(3)6-11-7-9/h8,10H,4-7H2,1-3H3. The van der Waals surface area contributed by atoms with Crippen LogP contribution in [0.2, 0.25) is 0 Å². The Morgan fingerprint density at radius 2 is 2.17 bits per heavy atom. The molecule has 0 radical (unpaired) electrons. The molecule has 0 bridgehead atoms. The number of ether oxygens (including phenoxy) is 1. The van der Waals surface area contributed by atoms with E-state index in [2.05, 4.69) is 26.3 Å². The molecule has 0 saturated carbocycles. The normalized spacial score (nSPS) is 21.0. The van der Waals surface area contributed by atoms with Gasteiger partial charge in [0.1, 0.15) is 0 Å². The summed E-state index contributed by atoms with van der Waals surface area (Å²) in [5, 5.41) is 0. The van der Waals surface area contributed by atoms with Gasteiger partial charge in [-0.3, -0.25) is 0 Å². The van der Waals surface area contributed by atoms with Crippen molar-refractivity contribution in [2.75, 3.05) is 26.4 Å². The minimum absolute atomic E-state index is 0.303. The van der Waals surface area contributed by atoms with E-state index < -0.39 is 0 Å². The summed E-state index contributed by atoms with van der Waals surface area (Å²) in [6.45, 7) is 9.83. The van der Waals surface area contributed by atoms with Crippen LogP contribution in [-0.4, -0.2) is 26.4 Å². The van der Waals surface area contributed by atoms with E-state index in [0.29, 0.717) is 11.3 Å². The van der Waals surface area contributed by atoms with Crippen LogP contribution in [0, 0.1) is 11.3 Å². The molecule has 1 N–H and O–H groups in total. The van der Waals surface area contributed by atoms with Crippen molar-refractivity contribution in [3.05, 3.63) is 0 Å². The SMILES string of the molecule is CC(C)CONCC1(C)COC1. The second-order valence-corrected chi connectivity index (χ2v) is 4.33. The molecule has 0 spiro atoms. The predicted molar refractivity (Wildman–Crippen MR) is 47.7 cm³/mol. The third-order valence-corrected chi connectivity index (χ3v) is 1.92. The Morgan fingerprint density at radius 1 is 1.50 bits per heavy atom. The first-order valence-corrected chi connectivity index (χ1v) is 4.55. The van der Waals surface area contributed by atoms with Gasteiger partial charge in [0.05, 0.1) is 19.8 Å².